The number of anilines is 2. The lowest BCUT2D eigenvalue weighted by atomic mass is 10.1. The Morgan fingerprint density at radius 1 is 1.17 bits per heavy atom. The predicted molar refractivity (Wildman–Crippen MR) is 138 cm³/mol. The van der Waals surface area contributed by atoms with Gasteiger partial charge < -0.3 is 25.3 Å². The summed E-state index contributed by atoms with van der Waals surface area (Å²) in [6.07, 6.45) is 0. The van der Waals surface area contributed by atoms with Gasteiger partial charge in [0.05, 0.1) is 23.3 Å². The molecule has 2 heterocycles. The molecule has 0 saturated heterocycles. The number of rotatable bonds is 10. The summed E-state index contributed by atoms with van der Waals surface area (Å²) in [5.41, 5.74) is 7.95. The minimum absolute atomic E-state index is 0.0241. The average Bonchev–Trinajstić information content (AvgIpc) is 3.37. The Labute approximate surface area is 211 Å². The van der Waals surface area contributed by atoms with Gasteiger partial charge in [0.15, 0.2) is 11.0 Å². The van der Waals surface area contributed by atoms with Gasteiger partial charge in [0, 0.05) is 31.4 Å². The first-order valence-electron chi connectivity index (χ1n) is 10.9. The lowest BCUT2D eigenvalue weighted by molar-refractivity contribution is -0.113. The van der Waals surface area contributed by atoms with E-state index in [0.29, 0.717) is 16.5 Å². The zero-order chi connectivity index (χ0) is 25.7. The molecule has 186 valence electrons. The van der Waals surface area contributed by atoms with Gasteiger partial charge in [0.1, 0.15) is 5.00 Å². The van der Waals surface area contributed by atoms with Crippen LogP contribution in [-0.4, -0.2) is 58.5 Å². The van der Waals surface area contributed by atoms with Crippen LogP contribution in [0.1, 0.15) is 39.4 Å². The zero-order valence-electron chi connectivity index (χ0n) is 20.2. The first-order chi connectivity index (χ1) is 16.7. The van der Waals surface area contributed by atoms with E-state index in [4.69, 9.17) is 10.5 Å². The van der Waals surface area contributed by atoms with Crippen LogP contribution in [-0.2, 0) is 16.6 Å². The first kappa shape index (κ1) is 26.2. The zero-order valence-corrected chi connectivity index (χ0v) is 21.9. The molecular formula is C23H28N6O4S2. The number of benzene rings is 1. The van der Waals surface area contributed by atoms with Crippen molar-refractivity contribution < 1.29 is 19.1 Å². The lowest BCUT2D eigenvalue weighted by Crippen LogP contribution is -2.21. The van der Waals surface area contributed by atoms with Gasteiger partial charge in [0.2, 0.25) is 5.91 Å². The largest absolute Gasteiger partial charge is 0.465 e. The third-order valence-electron chi connectivity index (χ3n) is 5.43. The van der Waals surface area contributed by atoms with Crippen molar-refractivity contribution in [3.05, 3.63) is 40.3 Å². The fraction of sp³-hybridized carbons (Fsp3) is 0.348. The van der Waals surface area contributed by atoms with Crippen molar-refractivity contribution in [2.75, 3.05) is 36.2 Å². The Morgan fingerprint density at radius 2 is 1.83 bits per heavy atom. The van der Waals surface area contributed by atoms with Gasteiger partial charge in [-0.3, -0.25) is 9.59 Å². The summed E-state index contributed by atoms with van der Waals surface area (Å²) in [7, 11) is 3.07. The van der Waals surface area contributed by atoms with E-state index in [0.717, 1.165) is 35.7 Å². The molecule has 10 nitrogen and oxygen atoms in total. The van der Waals surface area contributed by atoms with E-state index in [-0.39, 0.29) is 27.1 Å². The highest BCUT2D eigenvalue weighted by atomic mass is 32.2. The van der Waals surface area contributed by atoms with Crippen LogP contribution in [0.4, 0.5) is 10.7 Å². The van der Waals surface area contributed by atoms with Crippen molar-refractivity contribution in [1.29, 1.82) is 0 Å². The van der Waals surface area contributed by atoms with E-state index in [1.807, 2.05) is 23.7 Å². The van der Waals surface area contributed by atoms with Crippen LogP contribution in [0.15, 0.2) is 29.4 Å². The lowest BCUT2D eigenvalue weighted by Gasteiger charge is -2.21. The van der Waals surface area contributed by atoms with Crippen LogP contribution >= 0.6 is 23.1 Å². The molecule has 3 N–H and O–H groups in total. The molecule has 35 heavy (non-hydrogen) atoms. The molecule has 0 bridgehead atoms. The predicted octanol–water partition coefficient (Wildman–Crippen LogP) is 3.31. The quantitative estimate of drug-likeness (QED) is 0.310. The molecule has 0 spiro atoms. The number of methoxy groups -OCH3 is 1. The maximum absolute atomic E-state index is 12.6. The molecule has 0 aliphatic carbocycles. The van der Waals surface area contributed by atoms with Crippen LogP contribution in [0.3, 0.4) is 0 Å². The number of nitrogens with two attached hydrogens (primary N) is 1. The molecule has 0 saturated carbocycles. The standard InChI is InChI=1S/C23H28N6O4S2/c1-6-29(7-2)15-10-8-14(9-11-15)20-26-27-23(28(20)4)34-12-16(30)25-21-17(22(32)33-5)13(3)18(35-21)19(24)31/h8-11H,6-7,12H2,1-5H3,(H2,24,31)(H,25,30). The monoisotopic (exact) mass is 516 g/mol. The fourth-order valence-corrected chi connectivity index (χ4v) is 5.35. The van der Waals surface area contributed by atoms with E-state index in [1.54, 1.807) is 6.92 Å². The van der Waals surface area contributed by atoms with Gasteiger partial charge in [0.25, 0.3) is 5.91 Å². The number of aromatic nitrogens is 3. The number of thiophene rings is 1. The van der Waals surface area contributed by atoms with E-state index < -0.39 is 11.9 Å². The molecule has 0 radical (unpaired) electrons. The first-order valence-corrected chi connectivity index (χ1v) is 12.7. The van der Waals surface area contributed by atoms with Crippen molar-refractivity contribution in [1.82, 2.24) is 14.8 Å². The number of carbonyl (C=O) groups excluding carboxylic acids is 3. The van der Waals surface area contributed by atoms with Crippen LogP contribution in [0.5, 0.6) is 0 Å². The molecule has 0 unspecified atom stereocenters. The number of primary amides is 1. The Kier molecular flexibility index (Phi) is 8.52. The SMILES string of the molecule is CCN(CC)c1ccc(-c2nnc(SCC(=O)Nc3sc(C(N)=O)c(C)c3C(=O)OC)n2C)cc1. The molecule has 0 fully saturated rings. The second kappa shape index (κ2) is 11.4. The minimum atomic E-state index is -0.677. The van der Waals surface area contributed by atoms with Crippen molar-refractivity contribution >= 4 is 51.6 Å². The smallest absolute Gasteiger partial charge is 0.341 e. The number of thioether (sulfide) groups is 1. The van der Waals surface area contributed by atoms with Gasteiger partial charge in [-0.2, -0.15) is 0 Å². The molecule has 3 rings (SSSR count). The Hall–Kier alpha value is -3.38. The summed E-state index contributed by atoms with van der Waals surface area (Å²) in [5, 5.41) is 12.0. The molecular weight excluding hydrogens is 488 g/mol. The van der Waals surface area contributed by atoms with E-state index >= 15 is 0 Å². The second-order valence-electron chi connectivity index (χ2n) is 7.54. The summed E-state index contributed by atoms with van der Waals surface area (Å²) in [6, 6.07) is 8.12. The van der Waals surface area contributed by atoms with Crippen LogP contribution in [0.25, 0.3) is 11.4 Å². The van der Waals surface area contributed by atoms with E-state index in [9.17, 15) is 14.4 Å². The molecule has 12 heteroatoms. The summed E-state index contributed by atoms with van der Waals surface area (Å²) < 4.78 is 6.61. The summed E-state index contributed by atoms with van der Waals surface area (Å²) >= 11 is 2.15. The Bertz CT molecular complexity index is 1230. The molecule has 0 atom stereocenters. The summed E-state index contributed by atoms with van der Waals surface area (Å²) in [5.74, 6) is -0.989. The number of esters is 1. The molecule has 2 aromatic heterocycles. The number of carbonyl (C=O) groups is 3. The third kappa shape index (κ3) is 5.65. The highest BCUT2D eigenvalue weighted by molar-refractivity contribution is 7.99. The normalized spacial score (nSPS) is 10.8. The molecule has 0 aliphatic rings. The van der Waals surface area contributed by atoms with Crippen molar-refractivity contribution in [2.45, 2.75) is 25.9 Å². The van der Waals surface area contributed by atoms with Gasteiger partial charge in [-0.05, 0) is 50.6 Å². The van der Waals surface area contributed by atoms with Gasteiger partial charge in [-0.15, -0.1) is 21.5 Å². The van der Waals surface area contributed by atoms with Gasteiger partial charge >= 0.3 is 5.97 Å². The number of amides is 2. The highest BCUT2D eigenvalue weighted by Gasteiger charge is 2.25. The molecule has 2 amide bonds. The number of ether oxygens (including phenoxy) is 1. The maximum Gasteiger partial charge on any atom is 0.341 e. The van der Waals surface area contributed by atoms with Crippen LogP contribution < -0.4 is 16.0 Å². The summed E-state index contributed by atoms with van der Waals surface area (Å²) in [4.78, 5) is 38.9. The van der Waals surface area contributed by atoms with Crippen molar-refractivity contribution in [2.24, 2.45) is 12.8 Å². The van der Waals surface area contributed by atoms with E-state index in [1.165, 1.54) is 18.9 Å². The van der Waals surface area contributed by atoms with Crippen molar-refractivity contribution in [3.63, 3.8) is 0 Å². The number of nitrogens with one attached hydrogen (secondary N) is 1. The molecule has 3 aromatic rings. The van der Waals surface area contributed by atoms with Crippen LogP contribution in [0.2, 0.25) is 0 Å². The summed E-state index contributed by atoms with van der Waals surface area (Å²) in [6.45, 7) is 7.68. The Morgan fingerprint density at radius 3 is 2.40 bits per heavy atom. The van der Waals surface area contributed by atoms with Crippen LogP contribution in [0, 0.1) is 6.92 Å². The fourth-order valence-electron chi connectivity index (χ4n) is 3.58. The van der Waals surface area contributed by atoms with Crippen molar-refractivity contribution in [3.8, 4) is 11.4 Å². The number of hydrogen-bond donors (Lipinski definition) is 2. The molecule has 0 aliphatic heterocycles. The second-order valence-corrected chi connectivity index (χ2v) is 9.50. The number of hydrogen-bond acceptors (Lipinski definition) is 9. The third-order valence-corrected chi connectivity index (χ3v) is 7.68. The Balaban J connectivity index is 1.71. The van der Waals surface area contributed by atoms with E-state index in [2.05, 4.69) is 46.4 Å². The minimum Gasteiger partial charge on any atom is -0.465 e. The average molecular weight is 517 g/mol. The topological polar surface area (TPSA) is 132 Å². The number of nitrogens with zero attached hydrogens (tertiary/aromatic N) is 4. The van der Waals surface area contributed by atoms with Gasteiger partial charge in [-0.25, -0.2) is 4.79 Å². The molecule has 1 aromatic carbocycles. The highest BCUT2D eigenvalue weighted by Crippen LogP contribution is 2.34. The van der Waals surface area contributed by atoms with Gasteiger partial charge in [-0.1, -0.05) is 11.8 Å². The maximum atomic E-state index is 12.6.